The maximum atomic E-state index is 9.53. The largest absolute Gasteiger partial charge is 0.507 e. The van der Waals surface area contributed by atoms with Gasteiger partial charge in [-0.15, -0.1) is 0 Å². The molecule has 14 heavy (non-hydrogen) atoms. The summed E-state index contributed by atoms with van der Waals surface area (Å²) in [5.74, 6) is 0.815. The van der Waals surface area contributed by atoms with E-state index in [2.05, 4.69) is 5.32 Å². The molecular weight excluding hydrogens is 182 g/mol. The standard InChI is InChI=1S/C10H15NO3/c1-7-9(13)5-8(11-3-4-12)6-10(7)14-2/h5-6,11-13H,3-4H2,1-2H3. The van der Waals surface area contributed by atoms with E-state index in [4.69, 9.17) is 9.84 Å². The Morgan fingerprint density at radius 1 is 1.43 bits per heavy atom. The highest BCUT2D eigenvalue weighted by molar-refractivity contribution is 5.57. The van der Waals surface area contributed by atoms with Gasteiger partial charge in [-0.3, -0.25) is 0 Å². The number of benzene rings is 1. The van der Waals surface area contributed by atoms with Crippen LogP contribution in [0.3, 0.4) is 0 Å². The van der Waals surface area contributed by atoms with Crippen molar-refractivity contribution in [3.8, 4) is 11.5 Å². The lowest BCUT2D eigenvalue weighted by atomic mass is 10.2. The minimum Gasteiger partial charge on any atom is -0.507 e. The molecule has 4 nitrogen and oxygen atoms in total. The zero-order valence-electron chi connectivity index (χ0n) is 8.37. The minimum absolute atomic E-state index is 0.0525. The van der Waals surface area contributed by atoms with Gasteiger partial charge >= 0.3 is 0 Å². The topological polar surface area (TPSA) is 61.7 Å². The molecule has 78 valence electrons. The Balaban J connectivity index is 2.91. The van der Waals surface area contributed by atoms with Crippen molar-refractivity contribution in [2.24, 2.45) is 0 Å². The summed E-state index contributed by atoms with van der Waals surface area (Å²) in [6, 6.07) is 3.39. The lowest BCUT2D eigenvalue weighted by Gasteiger charge is -2.10. The molecule has 0 aliphatic heterocycles. The van der Waals surface area contributed by atoms with Crippen molar-refractivity contribution in [1.82, 2.24) is 0 Å². The van der Waals surface area contributed by atoms with E-state index < -0.39 is 0 Å². The second-order valence-corrected chi connectivity index (χ2v) is 2.97. The number of ether oxygens (including phenoxy) is 1. The van der Waals surface area contributed by atoms with E-state index in [9.17, 15) is 5.11 Å². The number of hydrogen-bond donors (Lipinski definition) is 3. The number of aliphatic hydroxyl groups excluding tert-OH is 1. The molecule has 0 saturated heterocycles. The highest BCUT2D eigenvalue weighted by Gasteiger charge is 2.05. The van der Waals surface area contributed by atoms with Crippen LogP contribution < -0.4 is 10.1 Å². The summed E-state index contributed by atoms with van der Waals surface area (Å²) in [7, 11) is 1.55. The maximum absolute atomic E-state index is 9.53. The van der Waals surface area contributed by atoms with Crippen molar-refractivity contribution in [1.29, 1.82) is 0 Å². The normalized spacial score (nSPS) is 9.93. The Morgan fingerprint density at radius 3 is 2.71 bits per heavy atom. The third-order valence-electron chi connectivity index (χ3n) is 1.99. The predicted octanol–water partition coefficient (Wildman–Crippen LogP) is 1.11. The van der Waals surface area contributed by atoms with Crippen LogP contribution in [0.15, 0.2) is 12.1 Å². The molecule has 0 aromatic heterocycles. The SMILES string of the molecule is COc1cc(NCCO)cc(O)c1C. The molecule has 0 radical (unpaired) electrons. The summed E-state index contributed by atoms with van der Waals surface area (Å²) in [6.07, 6.45) is 0. The van der Waals surface area contributed by atoms with Gasteiger partial charge in [0.2, 0.25) is 0 Å². The molecule has 0 amide bonds. The highest BCUT2D eigenvalue weighted by atomic mass is 16.5. The van der Waals surface area contributed by atoms with Crippen LogP contribution in [0.25, 0.3) is 0 Å². The average Bonchev–Trinajstić information content (AvgIpc) is 2.19. The van der Waals surface area contributed by atoms with E-state index in [1.807, 2.05) is 0 Å². The van der Waals surface area contributed by atoms with Crippen molar-refractivity contribution in [2.45, 2.75) is 6.92 Å². The third-order valence-corrected chi connectivity index (χ3v) is 1.99. The van der Waals surface area contributed by atoms with Crippen LogP contribution in [-0.2, 0) is 0 Å². The first-order valence-corrected chi connectivity index (χ1v) is 4.41. The minimum atomic E-state index is 0.0525. The lowest BCUT2D eigenvalue weighted by molar-refractivity contribution is 0.311. The Morgan fingerprint density at radius 2 is 2.14 bits per heavy atom. The summed E-state index contributed by atoms with van der Waals surface area (Å²) in [4.78, 5) is 0. The predicted molar refractivity (Wildman–Crippen MR) is 55.0 cm³/mol. The first-order chi connectivity index (χ1) is 6.69. The fourth-order valence-electron chi connectivity index (χ4n) is 1.19. The van der Waals surface area contributed by atoms with Crippen molar-refractivity contribution < 1.29 is 14.9 Å². The maximum Gasteiger partial charge on any atom is 0.127 e. The van der Waals surface area contributed by atoms with Gasteiger partial charge in [0.15, 0.2) is 0 Å². The first kappa shape index (κ1) is 10.7. The second-order valence-electron chi connectivity index (χ2n) is 2.97. The van der Waals surface area contributed by atoms with E-state index in [1.54, 1.807) is 26.2 Å². The van der Waals surface area contributed by atoms with Crippen LogP contribution in [0.4, 0.5) is 5.69 Å². The molecule has 1 aromatic carbocycles. The highest BCUT2D eigenvalue weighted by Crippen LogP contribution is 2.30. The van der Waals surface area contributed by atoms with E-state index in [0.29, 0.717) is 17.9 Å². The molecule has 0 aliphatic carbocycles. The molecule has 0 unspecified atom stereocenters. The van der Waals surface area contributed by atoms with Crippen LogP contribution in [0, 0.1) is 6.92 Å². The number of aliphatic hydroxyl groups is 1. The van der Waals surface area contributed by atoms with Gasteiger partial charge in [-0.1, -0.05) is 0 Å². The third kappa shape index (κ3) is 2.29. The first-order valence-electron chi connectivity index (χ1n) is 4.41. The van der Waals surface area contributed by atoms with Crippen LogP contribution in [0.1, 0.15) is 5.56 Å². The van der Waals surface area contributed by atoms with E-state index in [-0.39, 0.29) is 12.4 Å². The Bertz CT molecular complexity index is 312. The Hall–Kier alpha value is -1.42. The summed E-state index contributed by atoms with van der Waals surface area (Å²) < 4.78 is 5.08. The molecule has 0 atom stereocenters. The number of rotatable bonds is 4. The van der Waals surface area contributed by atoms with Crippen LogP contribution >= 0.6 is 0 Å². The number of nitrogens with one attached hydrogen (secondary N) is 1. The molecule has 1 rings (SSSR count). The molecule has 0 spiro atoms. The number of methoxy groups -OCH3 is 1. The molecule has 0 heterocycles. The molecular formula is C10H15NO3. The van der Waals surface area contributed by atoms with Gasteiger partial charge in [0.05, 0.1) is 13.7 Å². The zero-order valence-corrected chi connectivity index (χ0v) is 8.37. The second kappa shape index (κ2) is 4.72. The molecule has 0 aliphatic rings. The molecule has 3 N–H and O–H groups in total. The van der Waals surface area contributed by atoms with E-state index in [1.165, 1.54) is 0 Å². The van der Waals surface area contributed by atoms with Gasteiger partial charge in [0.1, 0.15) is 11.5 Å². The lowest BCUT2D eigenvalue weighted by Crippen LogP contribution is -2.05. The fraction of sp³-hybridized carbons (Fsp3) is 0.400. The summed E-state index contributed by atoms with van der Waals surface area (Å²) in [5, 5.41) is 21.1. The van der Waals surface area contributed by atoms with Gasteiger partial charge in [0, 0.05) is 29.9 Å². The van der Waals surface area contributed by atoms with Crippen molar-refractivity contribution in [3.63, 3.8) is 0 Å². The molecule has 0 fully saturated rings. The molecule has 1 aromatic rings. The van der Waals surface area contributed by atoms with E-state index in [0.717, 1.165) is 5.69 Å². The summed E-state index contributed by atoms with van der Waals surface area (Å²) in [6.45, 7) is 2.28. The number of phenols is 1. The molecule has 0 bridgehead atoms. The smallest absolute Gasteiger partial charge is 0.127 e. The summed E-state index contributed by atoms with van der Waals surface area (Å²) >= 11 is 0. The monoisotopic (exact) mass is 197 g/mol. The van der Waals surface area contributed by atoms with Gasteiger partial charge in [-0.25, -0.2) is 0 Å². The molecule has 0 saturated carbocycles. The van der Waals surface area contributed by atoms with Gasteiger partial charge in [-0.2, -0.15) is 0 Å². The number of anilines is 1. The number of aromatic hydroxyl groups is 1. The van der Waals surface area contributed by atoms with Gasteiger partial charge in [0.25, 0.3) is 0 Å². The fourth-order valence-corrected chi connectivity index (χ4v) is 1.19. The molecule has 4 heteroatoms. The average molecular weight is 197 g/mol. The number of phenolic OH excluding ortho intramolecular Hbond substituents is 1. The van der Waals surface area contributed by atoms with Crippen LogP contribution in [0.2, 0.25) is 0 Å². The van der Waals surface area contributed by atoms with Crippen LogP contribution in [-0.4, -0.2) is 30.5 Å². The van der Waals surface area contributed by atoms with Crippen molar-refractivity contribution in [2.75, 3.05) is 25.6 Å². The number of hydrogen-bond acceptors (Lipinski definition) is 4. The van der Waals surface area contributed by atoms with Crippen molar-refractivity contribution in [3.05, 3.63) is 17.7 Å². The summed E-state index contributed by atoms with van der Waals surface area (Å²) in [5.41, 5.74) is 1.45. The van der Waals surface area contributed by atoms with Gasteiger partial charge in [-0.05, 0) is 6.92 Å². The van der Waals surface area contributed by atoms with Gasteiger partial charge < -0.3 is 20.3 Å². The Kier molecular flexibility index (Phi) is 3.59. The Labute approximate surface area is 83.1 Å². The van der Waals surface area contributed by atoms with Crippen molar-refractivity contribution >= 4 is 5.69 Å². The quantitative estimate of drug-likeness (QED) is 0.676. The van der Waals surface area contributed by atoms with Crippen LogP contribution in [0.5, 0.6) is 11.5 Å². The zero-order chi connectivity index (χ0) is 10.6. The van der Waals surface area contributed by atoms with E-state index >= 15 is 0 Å².